The first-order valence-corrected chi connectivity index (χ1v) is 9.70. The normalized spacial score (nSPS) is 10.7. The van der Waals surface area contributed by atoms with E-state index in [1.54, 1.807) is 30.3 Å². The van der Waals surface area contributed by atoms with Crippen LogP contribution in [0.2, 0.25) is 0 Å². The third-order valence-corrected chi connectivity index (χ3v) is 5.33. The van der Waals surface area contributed by atoms with Crippen molar-refractivity contribution >= 4 is 27.4 Å². The Morgan fingerprint density at radius 3 is 2.52 bits per heavy atom. The molecule has 0 aliphatic carbocycles. The lowest BCUT2D eigenvalue weighted by molar-refractivity contribution is -0.146. The minimum atomic E-state index is -3.60. The van der Waals surface area contributed by atoms with Gasteiger partial charge in [-0.2, -0.15) is 5.26 Å². The maximum Gasteiger partial charge on any atom is 0.307 e. The number of nitriles is 1. The standard InChI is InChI=1S/C19H18N2O5S/c1-14-5-7-17(8-6-14)27(24,25)10-9-19(23)26-13-18(22)21-16-4-2-3-15(11-16)12-20/h2-8,11H,9-10,13H2,1H3,(H,21,22). The number of carbonyl (C=O) groups excluding carboxylic acids is 2. The molecule has 0 saturated heterocycles. The highest BCUT2D eigenvalue weighted by Crippen LogP contribution is 2.13. The molecular weight excluding hydrogens is 368 g/mol. The predicted octanol–water partition coefficient (Wildman–Crippen LogP) is 2.21. The van der Waals surface area contributed by atoms with Crippen LogP contribution < -0.4 is 5.32 Å². The van der Waals surface area contributed by atoms with Crippen molar-refractivity contribution in [1.29, 1.82) is 5.26 Å². The average molecular weight is 386 g/mol. The van der Waals surface area contributed by atoms with E-state index in [2.05, 4.69) is 5.32 Å². The Bertz CT molecular complexity index is 976. The summed E-state index contributed by atoms with van der Waals surface area (Å²) in [7, 11) is -3.60. The SMILES string of the molecule is Cc1ccc(S(=O)(=O)CCC(=O)OCC(=O)Nc2cccc(C#N)c2)cc1. The van der Waals surface area contributed by atoms with Crippen LogP contribution in [0.4, 0.5) is 5.69 Å². The smallest absolute Gasteiger partial charge is 0.307 e. The summed E-state index contributed by atoms with van der Waals surface area (Å²) in [4.78, 5) is 23.6. The third kappa shape index (κ3) is 6.24. The van der Waals surface area contributed by atoms with Gasteiger partial charge in [0.05, 0.1) is 28.7 Å². The predicted molar refractivity (Wildman–Crippen MR) is 98.6 cm³/mol. The second-order valence-electron chi connectivity index (χ2n) is 5.78. The van der Waals surface area contributed by atoms with Crippen molar-refractivity contribution in [1.82, 2.24) is 0 Å². The number of nitrogens with zero attached hydrogens (tertiary/aromatic N) is 1. The van der Waals surface area contributed by atoms with Crippen molar-refractivity contribution in [2.45, 2.75) is 18.2 Å². The van der Waals surface area contributed by atoms with Crippen LogP contribution in [0.1, 0.15) is 17.5 Å². The Morgan fingerprint density at radius 2 is 1.85 bits per heavy atom. The largest absolute Gasteiger partial charge is 0.456 e. The quantitative estimate of drug-likeness (QED) is 0.730. The first kappa shape index (κ1) is 20.1. The molecule has 1 N–H and O–H groups in total. The Labute approximate surface area is 157 Å². The molecule has 0 heterocycles. The second-order valence-corrected chi connectivity index (χ2v) is 7.89. The number of benzene rings is 2. The molecule has 0 radical (unpaired) electrons. The van der Waals surface area contributed by atoms with Gasteiger partial charge in [0, 0.05) is 5.69 Å². The van der Waals surface area contributed by atoms with Crippen LogP contribution in [0.3, 0.4) is 0 Å². The number of hydrogen-bond donors (Lipinski definition) is 1. The minimum absolute atomic E-state index is 0.135. The van der Waals surface area contributed by atoms with Crippen LogP contribution in [-0.4, -0.2) is 32.7 Å². The lowest BCUT2D eigenvalue weighted by Gasteiger charge is -2.07. The van der Waals surface area contributed by atoms with E-state index in [0.717, 1.165) is 5.56 Å². The fourth-order valence-electron chi connectivity index (χ4n) is 2.16. The zero-order chi connectivity index (χ0) is 19.9. The van der Waals surface area contributed by atoms with Crippen LogP contribution in [0.15, 0.2) is 53.4 Å². The van der Waals surface area contributed by atoms with Crippen LogP contribution in [0.25, 0.3) is 0 Å². The third-order valence-electron chi connectivity index (χ3n) is 3.59. The molecule has 0 spiro atoms. The molecule has 27 heavy (non-hydrogen) atoms. The van der Waals surface area contributed by atoms with E-state index in [9.17, 15) is 18.0 Å². The van der Waals surface area contributed by atoms with Gasteiger partial charge in [0.25, 0.3) is 5.91 Å². The number of hydrogen-bond acceptors (Lipinski definition) is 6. The molecule has 0 unspecified atom stereocenters. The number of sulfone groups is 1. The number of aryl methyl sites for hydroxylation is 1. The maximum absolute atomic E-state index is 12.2. The van der Waals surface area contributed by atoms with Gasteiger partial charge in [0.15, 0.2) is 16.4 Å². The fourth-order valence-corrected chi connectivity index (χ4v) is 3.38. The van der Waals surface area contributed by atoms with E-state index in [1.807, 2.05) is 13.0 Å². The molecule has 0 bridgehead atoms. The summed E-state index contributed by atoms with van der Waals surface area (Å²) in [5, 5.41) is 11.3. The van der Waals surface area contributed by atoms with Gasteiger partial charge in [-0.15, -0.1) is 0 Å². The Morgan fingerprint density at radius 1 is 1.15 bits per heavy atom. The Balaban J connectivity index is 1.81. The number of carbonyl (C=O) groups is 2. The van der Waals surface area contributed by atoms with Gasteiger partial charge >= 0.3 is 5.97 Å². The molecule has 0 saturated carbocycles. The lowest BCUT2D eigenvalue weighted by atomic mass is 10.2. The van der Waals surface area contributed by atoms with Gasteiger partial charge in [-0.05, 0) is 37.3 Å². The molecule has 2 rings (SSSR count). The van der Waals surface area contributed by atoms with Gasteiger partial charge in [-0.3, -0.25) is 9.59 Å². The van der Waals surface area contributed by atoms with E-state index in [4.69, 9.17) is 10.00 Å². The maximum atomic E-state index is 12.2. The highest BCUT2D eigenvalue weighted by atomic mass is 32.2. The van der Waals surface area contributed by atoms with E-state index in [0.29, 0.717) is 11.3 Å². The van der Waals surface area contributed by atoms with Crippen molar-refractivity contribution in [3.8, 4) is 6.07 Å². The highest BCUT2D eigenvalue weighted by Gasteiger charge is 2.17. The van der Waals surface area contributed by atoms with E-state index in [-0.39, 0.29) is 11.3 Å². The molecular formula is C19H18N2O5S. The van der Waals surface area contributed by atoms with Crippen LogP contribution >= 0.6 is 0 Å². The van der Waals surface area contributed by atoms with E-state index < -0.39 is 34.1 Å². The zero-order valence-corrected chi connectivity index (χ0v) is 15.5. The molecule has 8 heteroatoms. The summed E-state index contributed by atoms with van der Waals surface area (Å²) in [5.74, 6) is -1.77. The molecule has 0 aliphatic rings. The first-order chi connectivity index (χ1) is 12.8. The molecule has 2 aromatic carbocycles. The topological polar surface area (TPSA) is 113 Å². The molecule has 140 valence electrons. The summed E-state index contributed by atoms with van der Waals surface area (Å²) in [5.41, 5.74) is 1.71. The van der Waals surface area contributed by atoms with Crippen molar-refractivity contribution in [3.63, 3.8) is 0 Å². The summed E-state index contributed by atoms with van der Waals surface area (Å²) < 4.78 is 29.2. The molecule has 0 fully saturated rings. The molecule has 1 amide bonds. The van der Waals surface area contributed by atoms with Gasteiger partial charge in [-0.1, -0.05) is 23.8 Å². The fraction of sp³-hybridized carbons (Fsp3) is 0.211. The summed E-state index contributed by atoms with van der Waals surface area (Å²) in [6, 6.07) is 14.5. The average Bonchev–Trinajstić information content (AvgIpc) is 2.65. The molecule has 0 aliphatic heterocycles. The van der Waals surface area contributed by atoms with Crippen molar-refractivity contribution in [2.75, 3.05) is 17.7 Å². The monoisotopic (exact) mass is 386 g/mol. The number of esters is 1. The zero-order valence-electron chi connectivity index (χ0n) is 14.6. The summed E-state index contributed by atoms with van der Waals surface area (Å²) >= 11 is 0. The number of ether oxygens (including phenoxy) is 1. The van der Waals surface area contributed by atoms with Gasteiger partial charge in [-0.25, -0.2) is 8.42 Å². The summed E-state index contributed by atoms with van der Waals surface area (Å²) in [6.45, 7) is 1.30. The molecule has 7 nitrogen and oxygen atoms in total. The molecule has 0 aromatic heterocycles. The molecule has 0 atom stereocenters. The summed E-state index contributed by atoms with van der Waals surface area (Å²) in [6.07, 6.45) is -0.354. The highest BCUT2D eigenvalue weighted by molar-refractivity contribution is 7.91. The minimum Gasteiger partial charge on any atom is -0.456 e. The van der Waals surface area contributed by atoms with Crippen LogP contribution in [-0.2, 0) is 24.2 Å². The number of amides is 1. The van der Waals surface area contributed by atoms with Gasteiger partial charge in [0.2, 0.25) is 0 Å². The van der Waals surface area contributed by atoms with E-state index in [1.165, 1.54) is 18.2 Å². The van der Waals surface area contributed by atoms with Gasteiger partial charge < -0.3 is 10.1 Å². The Hall–Kier alpha value is -3.18. The van der Waals surface area contributed by atoms with Crippen molar-refractivity contribution in [3.05, 3.63) is 59.7 Å². The van der Waals surface area contributed by atoms with Crippen LogP contribution in [0, 0.1) is 18.3 Å². The van der Waals surface area contributed by atoms with Crippen molar-refractivity contribution < 1.29 is 22.7 Å². The lowest BCUT2D eigenvalue weighted by Crippen LogP contribution is -2.22. The number of nitrogens with one attached hydrogen (secondary N) is 1. The first-order valence-electron chi connectivity index (χ1n) is 8.05. The second kappa shape index (κ2) is 8.96. The Kier molecular flexibility index (Phi) is 6.68. The van der Waals surface area contributed by atoms with Crippen LogP contribution in [0.5, 0.6) is 0 Å². The number of anilines is 1. The molecule has 2 aromatic rings. The van der Waals surface area contributed by atoms with Gasteiger partial charge in [0.1, 0.15) is 0 Å². The van der Waals surface area contributed by atoms with E-state index >= 15 is 0 Å². The number of rotatable bonds is 7. The van der Waals surface area contributed by atoms with Crippen molar-refractivity contribution in [2.24, 2.45) is 0 Å².